The molecular formula is C17H21N3O. The molecule has 0 fully saturated rings. The van der Waals surface area contributed by atoms with Gasteiger partial charge in [-0.15, -0.1) is 0 Å². The van der Waals surface area contributed by atoms with E-state index in [2.05, 4.69) is 36.9 Å². The lowest BCUT2D eigenvalue weighted by atomic mass is 9.91. The number of nitrogens with zero attached hydrogens (tertiary/aromatic N) is 3. The first kappa shape index (κ1) is 12.9. The second-order valence-electron chi connectivity index (χ2n) is 6.17. The summed E-state index contributed by atoms with van der Waals surface area (Å²) in [5, 5.41) is 1.25. The Labute approximate surface area is 124 Å². The van der Waals surface area contributed by atoms with Crippen LogP contribution in [0.1, 0.15) is 31.1 Å². The predicted molar refractivity (Wildman–Crippen MR) is 83.6 cm³/mol. The van der Waals surface area contributed by atoms with E-state index in [0.717, 1.165) is 25.0 Å². The lowest BCUT2D eigenvalue weighted by Crippen LogP contribution is -2.54. The zero-order valence-electron chi connectivity index (χ0n) is 12.8. The molecule has 3 heterocycles. The second-order valence-corrected chi connectivity index (χ2v) is 6.17. The molecule has 4 rings (SSSR count). The molecule has 0 spiro atoms. The molecule has 1 aromatic heterocycles. The van der Waals surface area contributed by atoms with E-state index in [-0.39, 0.29) is 12.1 Å². The average molecular weight is 283 g/mol. The number of para-hydroxylation sites is 1. The van der Waals surface area contributed by atoms with Crippen LogP contribution < -0.4 is 0 Å². The number of carbonyl (C=O) groups is 1. The Kier molecular flexibility index (Phi) is 2.67. The molecule has 0 saturated heterocycles. The average Bonchev–Trinajstić information content (AvgIpc) is 2.85. The van der Waals surface area contributed by atoms with Crippen LogP contribution in [-0.4, -0.2) is 46.6 Å². The van der Waals surface area contributed by atoms with Gasteiger partial charge in [0.15, 0.2) is 0 Å². The van der Waals surface area contributed by atoms with Crippen molar-refractivity contribution in [3.8, 4) is 0 Å². The van der Waals surface area contributed by atoms with Gasteiger partial charge in [-0.2, -0.15) is 0 Å². The van der Waals surface area contributed by atoms with Crippen molar-refractivity contribution in [1.29, 1.82) is 0 Å². The zero-order valence-corrected chi connectivity index (χ0v) is 12.8. The van der Waals surface area contributed by atoms with Crippen LogP contribution in [-0.2, 0) is 6.42 Å². The Bertz CT molecular complexity index is 733. The first-order valence-electron chi connectivity index (χ1n) is 7.78. The van der Waals surface area contributed by atoms with Gasteiger partial charge in [-0.25, -0.2) is 4.79 Å². The maximum Gasteiger partial charge on any atom is 0.328 e. The summed E-state index contributed by atoms with van der Waals surface area (Å²) < 4.78 is 1.96. The van der Waals surface area contributed by atoms with E-state index in [1.807, 2.05) is 22.6 Å². The molecule has 0 bridgehead atoms. The summed E-state index contributed by atoms with van der Waals surface area (Å²) in [6.07, 6.45) is 1.04. The summed E-state index contributed by atoms with van der Waals surface area (Å²) in [4.78, 5) is 17.2. The molecule has 2 unspecified atom stereocenters. The maximum absolute atomic E-state index is 12.8. The highest BCUT2D eigenvalue weighted by Crippen LogP contribution is 2.42. The van der Waals surface area contributed by atoms with E-state index in [4.69, 9.17) is 0 Å². The van der Waals surface area contributed by atoms with Gasteiger partial charge in [-0.3, -0.25) is 9.47 Å². The number of amides is 1. The molecule has 4 heteroatoms. The molecule has 2 aromatic rings. The lowest BCUT2D eigenvalue weighted by Gasteiger charge is -2.46. The standard InChI is InChI=1S/C17H21N3O/c1-4-19-10-9-13-12-7-5-6-8-14(12)20-16(13)15(19)11(2)18(3)17(20)21/h5-8,11,15H,4,9-10H2,1-3H3. The van der Waals surface area contributed by atoms with E-state index in [1.165, 1.54) is 16.6 Å². The first-order valence-corrected chi connectivity index (χ1v) is 7.78. The van der Waals surface area contributed by atoms with Crippen molar-refractivity contribution in [2.75, 3.05) is 20.1 Å². The van der Waals surface area contributed by atoms with Crippen LogP contribution in [0.4, 0.5) is 4.79 Å². The lowest BCUT2D eigenvalue weighted by molar-refractivity contribution is 0.0891. The minimum absolute atomic E-state index is 0.106. The molecule has 2 aliphatic rings. The topological polar surface area (TPSA) is 28.5 Å². The van der Waals surface area contributed by atoms with Crippen LogP contribution in [0.15, 0.2) is 24.3 Å². The minimum atomic E-state index is 0.106. The molecule has 110 valence electrons. The van der Waals surface area contributed by atoms with Gasteiger partial charge in [0.1, 0.15) is 0 Å². The third-order valence-electron chi connectivity index (χ3n) is 5.31. The Balaban J connectivity index is 2.08. The molecule has 4 nitrogen and oxygen atoms in total. The molecule has 1 aromatic carbocycles. The molecule has 1 amide bonds. The van der Waals surface area contributed by atoms with Crippen LogP contribution in [0.5, 0.6) is 0 Å². The Morgan fingerprint density at radius 2 is 2.05 bits per heavy atom. The van der Waals surface area contributed by atoms with Gasteiger partial charge in [0.2, 0.25) is 0 Å². The monoisotopic (exact) mass is 283 g/mol. The van der Waals surface area contributed by atoms with Gasteiger partial charge in [0.05, 0.1) is 23.3 Å². The Morgan fingerprint density at radius 3 is 2.81 bits per heavy atom. The summed E-state index contributed by atoms with van der Waals surface area (Å²) >= 11 is 0. The SMILES string of the molecule is CCN1CCc2c3n(c4ccccc24)C(=O)N(C)C(C)C31. The number of likely N-dealkylation sites (N-methyl/N-ethyl adjacent to an activating group) is 2. The molecule has 2 atom stereocenters. The van der Waals surface area contributed by atoms with E-state index >= 15 is 0 Å². The summed E-state index contributed by atoms with van der Waals surface area (Å²) in [6.45, 7) is 6.48. The Hall–Kier alpha value is -1.81. The van der Waals surface area contributed by atoms with E-state index in [1.54, 1.807) is 0 Å². The maximum atomic E-state index is 12.8. The zero-order chi connectivity index (χ0) is 14.7. The predicted octanol–water partition coefficient (Wildman–Crippen LogP) is 2.86. The molecule has 0 saturated carbocycles. The van der Waals surface area contributed by atoms with Crippen molar-refractivity contribution < 1.29 is 4.79 Å². The van der Waals surface area contributed by atoms with Crippen molar-refractivity contribution in [1.82, 2.24) is 14.4 Å². The number of carbonyl (C=O) groups excluding carboxylic acids is 1. The highest BCUT2D eigenvalue weighted by Gasteiger charge is 2.43. The third-order valence-corrected chi connectivity index (χ3v) is 5.31. The van der Waals surface area contributed by atoms with Gasteiger partial charge in [-0.1, -0.05) is 25.1 Å². The molecule has 0 N–H and O–H groups in total. The molecule has 0 radical (unpaired) electrons. The van der Waals surface area contributed by atoms with Crippen molar-refractivity contribution in [3.05, 3.63) is 35.5 Å². The highest BCUT2D eigenvalue weighted by atomic mass is 16.2. The summed E-state index contributed by atoms with van der Waals surface area (Å²) in [5.41, 5.74) is 3.68. The van der Waals surface area contributed by atoms with Gasteiger partial charge < -0.3 is 4.90 Å². The van der Waals surface area contributed by atoms with Gasteiger partial charge in [0, 0.05) is 19.0 Å². The van der Waals surface area contributed by atoms with Crippen molar-refractivity contribution >= 4 is 16.9 Å². The summed E-state index contributed by atoms with van der Waals surface area (Å²) in [6, 6.07) is 8.96. The molecule has 0 aliphatic carbocycles. The molecule has 21 heavy (non-hydrogen) atoms. The molecule has 2 aliphatic heterocycles. The van der Waals surface area contributed by atoms with E-state index in [9.17, 15) is 4.79 Å². The normalized spacial score (nSPS) is 25.5. The van der Waals surface area contributed by atoms with Crippen molar-refractivity contribution in [3.63, 3.8) is 0 Å². The van der Waals surface area contributed by atoms with Gasteiger partial charge in [-0.05, 0) is 31.5 Å². The van der Waals surface area contributed by atoms with Gasteiger partial charge >= 0.3 is 6.03 Å². The quantitative estimate of drug-likeness (QED) is 0.805. The second kappa shape index (κ2) is 4.34. The summed E-state index contributed by atoms with van der Waals surface area (Å²) in [5.74, 6) is 0. The number of benzene rings is 1. The van der Waals surface area contributed by atoms with Crippen LogP contribution >= 0.6 is 0 Å². The summed E-state index contributed by atoms with van der Waals surface area (Å²) in [7, 11) is 1.92. The van der Waals surface area contributed by atoms with E-state index in [0.29, 0.717) is 6.04 Å². The fraction of sp³-hybridized carbons (Fsp3) is 0.471. The van der Waals surface area contributed by atoms with E-state index < -0.39 is 0 Å². The first-order chi connectivity index (χ1) is 10.1. The number of hydrogen-bond donors (Lipinski definition) is 0. The minimum Gasteiger partial charge on any atom is -0.322 e. The highest BCUT2D eigenvalue weighted by molar-refractivity contribution is 5.96. The van der Waals surface area contributed by atoms with Crippen molar-refractivity contribution in [2.24, 2.45) is 0 Å². The number of fused-ring (bicyclic) bond motifs is 3. The smallest absolute Gasteiger partial charge is 0.322 e. The van der Waals surface area contributed by atoms with Crippen molar-refractivity contribution in [2.45, 2.75) is 32.4 Å². The van der Waals surface area contributed by atoms with Crippen LogP contribution in [0.2, 0.25) is 0 Å². The largest absolute Gasteiger partial charge is 0.328 e. The Morgan fingerprint density at radius 1 is 1.29 bits per heavy atom. The molecular weight excluding hydrogens is 262 g/mol. The fourth-order valence-corrected chi connectivity index (χ4v) is 4.11. The van der Waals surface area contributed by atoms with Crippen LogP contribution in [0.25, 0.3) is 10.9 Å². The number of aromatic nitrogens is 1. The third kappa shape index (κ3) is 1.51. The number of rotatable bonds is 1. The van der Waals surface area contributed by atoms with Crippen LogP contribution in [0.3, 0.4) is 0 Å². The fourth-order valence-electron chi connectivity index (χ4n) is 4.11. The van der Waals surface area contributed by atoms with Gasteiger partial charge in [0.25, 0.3) is 0 Å². The number of hydrogen-bond acceptors (Lipinski definition) is 2. The van der Waals surface area contributed by atoms with Crippen LogP contribution in [0, 0.1) is 0 Å².